The Bertz CT molecular complexity index is 70.6. The molecule has 7 heavy (non-hydrogen) atoms. The summed E-state index contributed by atoms with van der Waals surface area (Å²) in [7, 11) is 0. The second kappa shape index (κ2) is 2.75. The largest absolute Gasteiger partial charge is 0.287 e. The maximum absolute atomic E-state index is 9.58. The highest BCUT2D eigenvalue weighted by Crippen LogP contribution is 2.18. The second-order valence-electron chi connectivity index (χ2n) is 0.940. The second-order valence-corrected chi connectivity index (χ2v) is 2.69. The molecule has 0 aliphatic heterocycles. The highest BCUT2D eigenvalue weighted by molar-refractivity contribution is 6.58. The molecular formula is C3H2Cl3O. The van der Waals surface area contributed by atoms with Gasteiger partial charge in [-0.1, -0.05) is 23.2 Å². The number of halogens is 3. The molecule has 0 spiro atoms. The molecule has 4 heteroatoms. The third kappa shape index (κ3) is 3.15. The monoisotopic (exact) mass is 159 g/mol. The molecule has 0 atom stereocenters. The molecule has 0 saturated carbocycles. The molecule has 0 heterocycles. The van der Waals surface area contributed by atoms with E-state index in [-0.39, 0.29) is 5.88 Å². The zero-order valence-electron chi connectivity index (χ0n) is 3.25. The van der Waals surface area contributed by atoms with Crippen LogP contribution in [0.2, 0.25) is 0 Å². The minimum Gasteiger partial charge on any atom is -0.287 e. The van der Waals surface area contributed by atoms with Gasteiger partial charge in [0, 0.05) is 0 Å². The summed E-state index contributed by atoms with van der Waals surface area (Å²) in [5, 5.41) is 0. The summed E-state index contributed by atoms with van der Waals surface area (Å²) >= 11 is 15.3. The van der Waals surface area contributed by atoms with Crippen molar-refractivity contribution in [2.45, 2.75) is 4.33 Å². The van der Waals surface area contributed by atoms with E-state index in [0.29, 0.717) is 0 Å². The molecule has 0 aromatic carbocycles. The molecule has 0 fully saturated rings. The van der Waals surface area contributed by atoms with Gasteiger partial charge in [0.05, 0.1) is 5.88 Å². The Kier molecular flexibility index (Phi) is 2.96. The molecule has 0 aromatic rings. The van der Waals surface area contributed by atoms with Crippen molar-refractivity contribution in [3.05, 3.63) is 0 Å². The van der Waals surface area contributed by atoms with Crippen molar-refractivity contribution in [1.82, 2.24) is 0 Å². The minimum atomic E-state index is -1.51. The van der Waals surface area contributed by atoms with Gasteiger partial charge in [-0.2, -0.15) is 0 Å². The Morgan fingerprint density at radius 3 is 2.00 bits per heavy atom. The molecule has 41 valence electrons. The molecule has 0 rings (SSSR count). The zero-order valence-corrected chi connectivity index (χ0v) is 5.52. The molecule has 0 aliphatic carbocycles. The Morgan fingerprint density at radius 1 is 1.57 bits per heavy atom. The van der Waals surface area contributed by atoms with Crippen molar-refractivity contribution in [3.8, 4) is 0 Å². The van der Waals surface area contributed by atoms with Crippen LogP contribution >= 0.6 is 34.8 Å². The van der Waals surface area contributed by atoms with Crippen molar-refractivity contribution in [2.75, 3.05) is 5.88 Å². The molecule has 0 N–H and O–H groups in total. The fourth-order valence-electron chi connectivity index (χ4n) is 0.0273. The summed E-state index contributed by atoms with van der Waals surface area (Å²) in [6.45, 7) is 0. The van der Waals surface area contributed by atoms with Crippen molar-refractivity contribution in [1.29, 1.82) is 0 Å². The van der Waals surface area contributed by atoms with Crippen molar-refractivity contribution in [2.24, 2.45) is 0 Å². The highest BCUT2D eigenvalue weighted by atomic mass is 35.5. The summed E-state index contributed by atoms with van der Waals surface area (Å²) < 4.78 is -1.51. The maximum Gasteiger partial charge on any atom is 0.238 e. The van der Waals surface area contributed by atoms with Crippen molar-refractivity contribution in [3.63, 3.8) is 0 Å². The Labute approximate surface area is 56.5 Å². The normalized spacial score (nSPS) is 11.3. The standard InChI is InChI=1S/C3H2Cl3O/c4-1-3(5,6)2-7/h1H2. The predicted molar refractivity (Wildman–Crippen MR) is 30.9 cm³/mol. The first kappa shape index (κ1) is 7.54. The van der Waals surface area contributed by atoms with Crippen LogP contribution in [-0.2, 0) is 4.79 Å². The van der Waals surface area contributed by atoms with E-state index in [1.165, 1.54) is 6.29 Å². The van der Waals surface area contributed by atoms with Gasteiger partial charge in [-0.3, -0.25) is 4.79 Å². The average molecular weight is 160 g/mol. The number of rotatable bonds is 2. The van der Waals surface area contributed by atoms with Crippen LogP contribution in [0.5, 0.6) is 0 Å². The lowest BCUT2D eigenvalue weighted by Gasteiger charge is -2.01. The van der Waals surface area contributed by atoms with E-state index in [4.69, 9.17) is 34.8 Å². The molecule has 0 aromatic heterocycles. The Morgan fingerprint density at radius 2 is 2.00 bits per heavy atom. The summed E-state index contributed by atoms with van der Waals surface area (Å²) in [5.41, 5.74) is 0. The lowest BCUT2D eigenvalue weighted by Crippen LogP contribution is -2.15. The highest BCUT2D eigenvalue weighted by Gasteiger charge is 2.21. The first-order chi connectivity index (χ1) is 3.12. The Hall–Kier alpha value is 0.540. The van der Waals surface area contributed by atoms with Gasteiger partial charge in [0.2, 0.25) is 6.29 Å². The summed E-state index contributed by atoms with van der Waals surface area (Å²) in [6, 6.07) is 0. The fourth-order valence-corrected chi connectivity index (χ4v) is 0.0818. The van der Waals surface area contributed by atoms with E-state index in [1.807, 2.05) is 0 Å². The lowest BCUT2D eigenvalue weighted by molar-refractivity contribution is 0.551. The van der Waals surface area contributed by atoms with E-state index in [9.17, 15) is 4.79 Å². The first-order valence-electron chi connectivity index (χ1n) is 1.45. The Balaban J connectivity index is 3.58. The van der Waals surface area contributed by atoms with E-state index in [2.05, 4.69) is 0 Å². The number of hydrogen-bond donors (Lipinski definition) is 0. The van der Waals surface area contributed by atoms with Crippen LogP contribution in [0.25, 0.3) is 0 Å². The number of alkyl halides is 3. The fraction of sp³-hybridized carbons (Fsp3) is 0.667. The smallest absolute Gasteiger partial charge is 0.238 e. The first-order valence-corrected chi connectivity index (χ1v) is 2.74. The molecule has 1 nitrogen and oxygen atoms in total. The molecule has 0 aliphatic rings. The third-order valence-corrected chi connectivity index (χ3v) is 1.41. The van der Waals surface area contributed by atoms with Gasteiger partial charge >= 0.3 is 0 Å². The van der Waals surface area contributed by atoms with E-state index >= 15 is 0 Å². The van der Waals surface area contributed by atoms with Crippen LogP contribution in [0.15, 0.2) is 0 Å². The van der Waals surface area contributed by atoms with Crippen molar-refractivity contribution >= 4 is 41.1 Å². The summed E-state index contributed by atoms with van der Waals surface area (Å²) in [5.74, 6) is -0.125. The topological polar surface area (TPSA) is 17.1 Å². The number of hydrogen-bond acceptors (Lipinski definition) is 1. The van der Waals surface area contributed by atoms with Gasteiger partial charge in [-0.25, -0.2) is 0 Å². The van der Waals surface area contributed by atoms with E-state index < -0.39 is 4.33 Å². The SMILES string of the molecule is O=[C]C(Cl)(Cl)CCl. The van der Waals surface area contributed by atoms with Gasteiger partial charge < -0.3 is 0 Å². The van der Waals surface area contributed by atoms with E-state index in [1.54, 1.807) is 0 Å². The van der Waals surface area contributed by atoms with Gasteiger partial charge in [-0.15, -0.1) is 11.6 Å². The van der Waals surface area contributed by atoms with Crippen LogP contribution in [0.1, 0.15) is 0 Å². The molecule has 0 amide bonds. The average Bonchev–Trinajstić information content (AvgIpc) is 1.68. The maximum atomic E-state index is 9.58. The molecule has 0 saturated heterocycles. The lowest BCUT2D eigenvalue weighted by atomic mass is 10.5. The van der Waals surface area contributed by atoms with Crippen LogP contribution in [-0.4, -0.2) is 16.5 Å². The third-order valence-electron chi connectivity index (χ3n) is 0.317. The van der Waals surface area contributed by atoms with Crippen LogP contribution in [0, 0.1) is 0 Å². The number of carbonyl (C=O) groups excluding carboxylic acids is 1. The predicted octanol–water partition coefficient (Wildman–Crippen LogP) is 1.51. The van der Waals surface area contributed by atoms with Crippen LogP contribution in [0.4, 0.5) is 0 Å². The van der Waals surface area contributed by atoms with Gasteiger partial charge in [-0.05, 0) is 0 Å². The molecule has 0 bridgehead atoms. The summed E-state index contributed by atoms with van der Waals surface area (Å²) in [4.78, 5) is 9.58. The van der Waals surface area contributed by atoms with Gasteiger partial charge in [0.25, 0.3) is 0 Å². The molecular weight excluding hydrogens is 158 g/mol. The van der Waals surface area contributed by atoms with Crippen molar-refractivity contribution < 1.29 is 4.79 Å². The molecule has 1 radical (unpaired) electrons. The van der Waals surface area contributed by atoms with Crippen LogP contribution in [0.3, 0.4) is 0 Å². The van der Waals surface area contributed by atoms with Gasteiger partial charge in [0.1, 0.15) is 0 Å². The zero-order chi connectivity index (χ0) is 5.91. The van der Waals surface area contributed by atoms with E-state index in [0.717, 1.165) is 0 Å². The quantitative estimate of drug-likeness (QED) is 0.560. The molecule has 0 unspecified atom stereocenters. The van der Waals surface area contributed by atoms with Gasteiger partial charge in [0.15, 0.2) is 4.33 Å². The van der Waals surface area contributed by atoms with Crippen LogP contribution < -0.4 is 0 Å². The summed E-state index contributed by atoms with van der Waals surface area (Å²) in [6.07, 6.45) is 1.34. The minimum absolute atomic E-state index is 0.125.